The van der Waals surface area contributed by atoms with Crippen LogP contribution in [0.3, 0.4) is 0 Å². The summed E-state index contributed by atoms with van der Waals surface area (Å²) in [4.78, 5) is 71.0. The van der Waals surface area contributed by atoms with Gasteiger partial charge in [-0.15, -0.1) is 0 Å². The Balaban J connectivity index is 0.000000164. The molecule has 0 spiro atoms. The van der Waals surface area contributed by atoms with Crippen molar-refractivity contribution in [2.24, 2.45) is 12.5 Å². The number of carboxylic acid groups (broad SMARTS) is 1. The van der Waals surface area contributed by atoms with E-state index in [9.17, 15) is 42.6 Å². The van der Waals surface area contributed by atoms with Crippen LogP contribution in [0.4, 0.5) is 16.2 Å². The smallest absolute Gasteiger partial charge is 0.550 e. The average molecular weight is 1660 g/mol. The van der Waals surface area contributed by atoms with Crippen LogP contribution in [0.25, 0.3) is 56.5 Å². The maximum absolute atomic E-state index is 12.9. The number of fused-ring (bicyclic) bond motifs is 3. The molecule has 2 aliphatic rings. The summed E-state index contributed by atoms with van der Waals surface area (Å²) >= 11 is 8.01. The van der Waals surface area contributed by atoms with Gasteiger partial charge in [0.2, 0.25) is 0 Å². The Labute approximate surface area is 722 Å². The number of hydrogen-bond acceptors (Lipinski definition) is 17. The molecule has 1 atom stereocenters. The standard InChI is InChI=1S/C35H36ClNO3S.C31H33N3O6S.C28H24N4O4.Na/c1-34(2,40)30-9-4-3-7-25(30)13-17-32(41-23-35(18-19-35)22-33(38)39)27-8-5-6-24(20-27)10-15-29-16-12-26-11-14-28(36)21-31(26)37-29;1-20-8-4-7-11-29(20)41(37,38)33-30(35)22-13-12-21(28(17-22)39-3)16-23-19-34(2)27-15-14-24(18-26(23)27)32-31(36)40-25-9-5-6-10-25;33-24-17-25(27-29-18-30-32-27)36-26-22(24)10-6-11-23(26)31-28(34)20-12-14-21(15-13-20)35-16-5-4-9-19-7-2-1-3-8-19;/h3-12,14-16,20-21,32,40H,13,17-19,22-23H2,1-2H3,(H,38,39);4,7-8,11-15,17-19,25H,5-6,9-10,16H2,1-3H3,(H,32,36)(H,33,35);1-3,6-8,10-15,17-18H,4-5,9,16H2,(H,31,34)(H,29,30,32);/q;;;+1/p-1/b15-10+;;;/t32-;;;/m1.../s1. The Morgan fingerprint density at radius 3 is 2.27 bits per heavy atom. The van der Waals surface area contributed by atoms with E-state index in [-0.39, 0.29) is 85.9 Å². The number of carboxylic acids is 1. The third-order valence-electron chi connectivity index (χ3n) is 21.0. The van der Waals surface area contributed by atoms with Crippen molar-refractivity contribution >= 4 is 114 Å². The number of anilines is 2. The van der Waals surface area contributed by atoms with Crippen molar-refractivity contribution in [2.45, 2.75) is 126 Å². The van der Waals surface area contributed by atoms with E-state index in [1.807, 2.05) is 122 Å². The number of methoxy groups -OCH3 is 1. The first-order valence-electron chi connectivity index (χ1n) is 39.2. The van der Waals surface area contributed by atoms with Crippen LogP contribution in [0.2, 0.25) is 5.02 Å². The molecule has 2 fully saturated rings. The molecule has 13 aromatic rings. The number of sulfonamides is 1. The van der Waals surface area contributed by atoms with E-state index in [1.54, 1.807) is 79.7 Å². The largest absolute Gasteiger partial charge is 1.00 e. The second-order valence-corrected chi connectivity index (χ2v) is 33.6. The van der Waals surface area contributed by atoms with Gasteiger partial charge in [-0.05, 0) is 251 Å². The van der Waals surface area contributed by atoms with Gasteiger partial charge in [0.05, 0.1) is 46.5 Å². The first kappa shape index (κ1) is 87.2. The number of H-pyrrole nitrogens is 1. The van der Waals surface area contributed by atoms with E-state index in [2.05, 4.69) is 91.2 Å². The van der Waals surface area contributed by atoms with Crippen LogP contribution in [-0.4, -0.2) is 87.7 Å². The first-order chi connectivity index (χ1) is 56.9. The molecule has 4 aromatic heterocycles. The van der Waals surface area contributed by atoms with Gasteiger partial charge in [0, 0.05) is 75.1 Å². The molecule has 4 heterocycles. The Hall–Kier alpha value is -11.2. The molecule has 15 rings (SSSR count). The quantitative estimate of drug-likeness (QED) is 0.0215. The minimum absolute atomic E-state index is 0. The van der Waals surface area contributed by atoms with Crippen LogP contribution >= 0.6 is 23.4 Å². The predicted octanol–water partition coefficient (Wildman–Crippen LogP) is 15.5. The molecule has 606 valence electrons. The number of nitrogens with one attached hydrogen (secondary N) is 4. The number of aromatic nitrogens is 5. The third kappa shape index (κ3) is 23.4. The van der Waals surface area contributed by atoms with Crippen molar-refractivity contribution < 1.29 is 86.0 Å². The van der Waals surface area contributed by atoms with Crippen LogP contribution in [0.5, 0.6) is 11.5 Å². The summed E-state index contributed by atoms with van der Waals surface area (Å²) < 4.78 is 52.6. The second kappa shape index (κ2) is 40.1. The number of hydrogen-bond donors (Lipinski definition) is 5. The number of carbonyl (C=O) groups is 4. The van der Waals surface area contributed by atoms with E-state index >= 15 is 0 Å². The summed E-state index contributed by atoms with van der Waals surface area (Å²) in [6, 6.07) is 67.1. The van der Waals surface area contributed by atoms with E-state index in [1.165, 1.54) is 42.8 Å². The number of carbonyl (C=O) groups excluding carboxylic acids is 4. The minimum atomic E-state index is -4.04. The molecular weight excluding hydrogens is 1570 g/mol. The Bertz CT molecular complexity index is 5970. The molecule has 0 saturated heterocycles. The summed E-state index contributed by atoms with van der Waals surface area (Å²) in [7, 11) is -0.583. The molecule has 9 aromatic carbocycles. The number of pyridine rings is 1. The Kier molecular flexibility index (Phi) is 29.4. The number of amides is 3. The van der Waals surface area contributed by atoms with E-state index in [0.717, 1.165) is 132 Å². The normalized spacial score (nSPS) is 13.3. The number of ether oxygens (including phenoxy) is 3. The number of para-hydroxylation sites is 1. The zero-order chi connectivity index (χ0) is 82.9. The molecule has 119 heavy (non-hydrogen) atoms. The maximum Gasteiger partial charge on any atom is 1.00 e. The maximum atomic E-state index is 12.9. The number of halogens is 1. The third-order valence-corrected chi connectivity index (χ3v) is 24.4. The molecule has 2 saturated carbocycles. The molecule has 0 aliphatic heterocycles. The second-order valence-electron chi connectivity index (χ2n) is 30.3. The van der Waals surface area contributed by atoms with Crippen molar-refractivity contribution in [1.82, 2.24) is 29.5 Å². The number of thioether (sulfide) groups is 1. The molecule has 2 aliphatic carbocycles. The number of rotatable bonds is 29. The topological polar surface area (TPSA) is 299 Å². The predicted molar refractivity (Wildman–Crippen MR) is 463 cm³/mol. The molecule has 0 unspecified atom stereocenters. The Morgan fingerprint density at radius 1 is 0.773 bits per heavy atom. The number of unbranched alkanes of at least 4 members (excludes halogenated alkanes) is 1. The zero-order valence-electron chi connectivity index (χ0n) is 67.2. The van der Waals surface area contributed by atoms with E-state index in [4.69, 9.17) is 35.2 Å². The number of aliphatic carboxylic acids is 1. The number of benzene rings is 9. The monoisotopic (exact) mass is 1660 g/mol. The molecule has 5 N–H and O–H groups in total. The number of aliphatic hydroxyl groups is 1. The van der Waals surface area contributed by atoms with Crippen LogP contribution in [-0.2, 0) is 51.5 Å². The summed E-state index contributed by atoms with van der Waals surface area (Å²) in [5, 5.41) is 37.5. The fraction of sp³-hybridized carbons (Fsp3) is 0.255. The summed E-state index contributed by atoms with van der Waals surface area (Å²) in [5.41, 5.74) is 11.4. The van der Waals surface area contributed by atoms with Gasteiger partial charge in [-0.25, -0.2) is 27.9 Å². The van der Waals surface area contributed by atoms with Crippen LogP contribution in [0.1, 0.15) is 154 Å². The van der Waals surface area contributed by atoms with Gasteiger partial charge < -0.3 is 43.5 Å². The van der Waals surface area contributed by atoms with Crippen molar-refractivity contribution in [2.75, 3.05) is 30.1 Å². The van der Waals surface area contributed by atoms with Gasteiger partial charge >= 0.3 is 35.7 Å². The van der Waals surface area contributed by atoms with E-state index < -0.39 is 33.6 Å². The van der Waals surface area contributed by atoms with Crippen LogP contribution in [0.15, 0.2) is 245 Å². The molecule has 25 heteroatoms. The SMILES string of the molecule is CC(C)(O)c1ccccc1CC[C@@H](SCC1(CC(=O)[O-])CC1)c1cccc(/C=C/c2ccc3ccc(Cl)cc3n2)c1.COc1cc(C(=O)NS(=O)(=O)c2ccccc2C)ccc1Cc1cn(C)c2ccc(NC(=O)OC3CCCC3)cc12.O=C(Nc1cccc2c(=O)cc(-c3ncn[nH]3)oc12)c1ccc(OCCCCc2ccccc2)cc1.[Na+]. The van der Waals surface area contributed by atoms with Crippen molar-refractivity contribution in [3.05, 3.63) is 307 Å². The molecule has 0 radical (unpaired) electrons. The zero-order valence-corrected chi connectivity index (χ0v) is 71.6. The summed E-state index contributed by atoms with van der Waals surface area (Å²) in [6.45, 7) is 5.93. The van der Waals surface area contributed by atoms with Crippen molar-refractivity contribution in [3.8, 4) is 23.1 Å². The fourth-order valence-electron chi connectivity index (χ4n) is 14.6. The number of nitrogens with zero attached hydrogens (tertiary/aromatic N) is 4. The van der Waals surface area contributed by atoms with E-state index in [0.29, 0.717) is 63.3 Å². The van der Waals surface area contributed by atoms with Crippen molar-refractivity contribution in [3.63, 3.8) is 0 Å². The van der Waals surface area contributed by atoms with Gasteiger partial charge in [0.1, 0.15) is 23.9 Å². The molecule has 21 nitrogen and oxygen atoms in total. The molecular formula is C94H92ClN8NaO13S2. The Morgan fingerprint density at radius 2 is 1.52 bits per heavy atom. The number of aryl methyl sites for hydroxylation is 4. The van der Waals surface area contributed by atoms with Gasteiger partial charge in [0.25, 0.3) is 21.8 Å². The molecule has 3 amide bonds. The summed E-state index contributed by atoms with van der Waals surface area (Å²) in [5.74, 6) is 0.477. The van der Waals surface area contributed by atoms with Gasteiger partial charge in [-0.3, -0.25) is 24.8 Å². The average Bonchev–Trinajstić information content (AvgIpc) is 1.79. The first-order valence-corrected chi connectivity index (χ1v) is 42.2. The fourth-order valence-corrected chi connectivity index (χ4v) is 17.5. The van der Waals surface area contributed by atoms with Crippen LogP contribution in [0, 0.1) is 12.3 Å². The van der Waals surface area contributed by atoms with Gasteiger partial charge in [-0.2, -0.15) is 16.9 Å². The van der Waals surface area contributed by atoms with Gasteiger partial charge in [-0.1, -0.05) is 139 Å². The van der Waals surface area contributed by atoms with Gasteiger partial charge in [0.15, 0.2) is 22.6 Å². The summed E-state index contributed by atoms with van der Waals surface area (Å²) in [6.07, 6.45) is 18.1. The van der Waals surface area contributed by atoms with Crippen molar-refractivity contribution in [1.29, 1.82) is 0 Å². The minimum Gasteiger partial charge on any atom is -0.550 e. The van der Waals surface area contributed by atoms with Crippen LogP contribution < -0.4 is 64.9 Å². The molecule has 0 bridgehead atoms. The number of aromatic amines is 1.